The van der Waals surface area contributed by atoms with Gasteiger partial charge >= 0.3 is 0 Å². The number of nitrogens with one attached hydrogen (secondary N) is 1. The van der Waals surface area contributed by atoms with Crippen LogP contribution < -0.4 is 10.1 Å². The van der Waals surface area contributed by atoms with Gasteiger partial charge in [-0.05, 0) is 91.4 Å². The number of aromatic nitrogens is 3. The topological polar surface area (TPSA) is 85.0 Å². The Morgan fingerprint density at radius 3 is 2.79 bits per heavy atom. The van der Waals surface area contributed by atoms with E-state index in [0.29, 0.717) is 54.5 Å². The normalized spacial score (nSPS) is 16.3. The van der Waals surface area contributed by atoms with Gasteiger partial charge in [-0.15, -0.1) is 0 Å². The molecule has 1 atom stereocenters. The highest BCUT2D eigenvalue weighted by Crippen LogP contribution is 2.33. The maximum Gasteiger partial charge on any atom is 0.133 e. The van der Waals surface area contributed by atoms with Crippen molar-refractivity contribution in [2.75, 3.05) is 18.5 Å². The van der Waals surface area contributed by atoms with Gasteiger partial charge < -0.3 is 19.4 Å². The number of anilines is 1. The number of rotatable bonds is 4. The third-order valence-corrected chi connectivity index (χ3v) is 8.33. The number of nitriles is 1. The second-order valence-corrected chi connectivity index (χ2v) is 11.3. The molecule has 1 saturated heterocycles. The molecule has 0 amide bonds. The van der Waals surface area contributed by atoms with E-state index in [-0.39, 0.29) is 11.9 Å². The van der Waals surface area contributed by atoms with Crippen LogP contribution in [0.25, 0.3) is 22.3 Å². The van der Waals surface area contributed by atoms with Crippen molar-refractivity contribution in [3.63, 3.8) is 0 Å². The first kappa shape index (κ1) is 27.1. The van der Waals surface area contributed by atoms with Crippen molar-refractivity contribution < 1.29 is 13.9 Å². The molecule has 2 aliphatic rings. The van der Waals surface area contributed by atoms with Gasteiger partial charge in [0.05, 0.1) is 47.6 Å². The summed E-state index contributed by atoms with van der Waals surface area (Å²) in [5.41, 5.74) is 7.63. The Labute approximate surface area is 249 Å². The maximum absolute atomic E-state index is 15.8. The molecule has 7 nitrogen and oxygen atoms in total. The predicted octanol–water partition coefficient (Wildman–Crippen LogP) is 6.73. The third-order valence-electron chi connectivity index (χ3n) is 8.33. The summed E-state index contributed by atoms with van der Waals surface area (Å²) in [6.07, 6.45) is 3.08. The second-order valence-electron chi connectivity index (χ2n) is 11.3. The lowest BCUT2D eigenvalue weighted by atomic mass is 10.00. The maximum atomic E-state index is 15.8. The van der Waals surface area contributed by atoms with Crippen molar-refractivity contribution in [3.8, 4) is 23.1 Å². The van der Waals surface area contributed by atoms with Gasteiger partial charge in [-0.2, -0.15) is 5.26 Å². The number of halogens is 1. The number of pyridine rings is 1. The Bertz CT molecular complexity index is 1870. The largest absolute Gasteiger partial charge is 0.493 e. The fraction of sp³-hybridized carbons (Fsp3) is 0.286. The molecule has 0 aliphatic carbocycles. The van der Waals surface area contributed by atoms with Crippen LogP contribution in [0, 0.1) is 24.1 Å². The Balaban J connectivity index is 1.27. The average molecular weight is 574 g/mol. The highest BCUT2D eigenvalue weighted by Gasteiger charge is 2.23. The minimum absolute atomic E-state index is 0.154. The molecule has 4 heterocycles. The van der Waals surface area contributed by atoms with Crippen molar-refractivity contribution >= 4 is 16.9 Å². The molecule has 1 fully saturated rings. The van der Waals surface area contributed by atoms with E-state index in [0.717, 1.165) is 65.0 Å². The number of ether oxygens (including phenoxy) is 2. The highest BCUT2D eigenvalue weighted by molar-refractivity contribution is 5.77. The van der Waals surface area contributed by atoms with Gasteiger partial charge in [0.25, 0.3) is 0 Å². The molecule has 1 unspecified atom stereocenters. The van der Waals surface area contributed by atoms with Crippen molar-refractivity contribution in [1.82, 2.24) is 14.5 Å². The molecule has 0 saturated carbocycles. The molecule has 8 heteroatoms. The van der Waals surface area contributed by atoms with Crippen molar-refractivity contribution in [2.24, 2.45) is 0 Å². The lowest BCUT2D eigenvalue weighted by Crippen LogP contribution is -2.31. The molecule has 216 valence electrons. The molecule has 2 aliphatic heterocycles. The minimum Gasteiger partial charge on any atom is -0.493 e. The molecular formula is C35H32FN5O2. The van der Waals surface area contributed by atoms with Gasteiger partial charge in [-0.1, -0.05) is 18.2 Å². The smallest absolute Gasteiger partial charge is 0.133 e. The van der Waals surface area contributed by atoms with Crippen LogP contribution in [0.1, 0.15) is 46.5 Å². The van der Waals surface area contributed by atoms with Crippen LogP contribution in [0.15, 0.2) is 66.7 Å². The summed E-state index contributed by atoms with van der Waals surface area (Å²) in [4.78, 5) is 9.70. The molecule has 7 rings (SSSR count). The lowest BCUT2D eigenvalue weighted by molar-refractivity contribution is -0.0589. The number of fused-ring (bicyclic) bond motifs is 7. The van der Waals surface area contributed by atoms with Gasteiger partial charge in [-0.3, -0.25) is 0 Å². The molecule has 5 aromatic rings. The summed E-state index contributed by atoms with van der Waals surface area (Å²) in [6, 6.07) is 23.2. The summed E-state index contributed by atoms with van der Waals surface area (Å²) in [6.45, 7) is 4.56. The first-order valence-electron chi connectivity index (χ1n) is 14.8. The summed E-state index contributed by atoms with van der Waals surface area (Å²) in [7, 11) is 0. The summed E-state index contributed by atoms with van der Waals surface area (Å²) >= 11 is 0. The van der Waals surface area contributed by atoms with E-state index in [1.165, 1.54) is 0 Å². The van der Waals surface area contributed by atoms with Crippen LogP contribution in [0.5, 0.6) is 5.75 Å². The minimum atomic E-state index is -0.352. The van der Waals surface area contributed by atoms with Crippen LogP contribution in [0.2, 0.25) is 0 Å². The molecule has 0 spiro atoms. The van der Waals surface area contributed by atoms with E-state index >= 15 is 4.39 Å². The van der Waals surface area contributed by atoms with Crippen molar-refractivity contribution in [3.05, 3.63) is 106 Å². The standard InChI is InChI=1S/C35H32FN5O2/c1-22-7-10-31-32(14-22)41(21-27-11-13-42-27)35(40-31)17-26-16-29(36)28-18-33(26)43-12-3-4-24-15-23(19-37)8-9-25(24)20-38-34-6-2-5-30(28)39-34/h2,5-10,14-16,18,27H,3-4,11-13,17,20-21H2,1H3,(H,38,39). The van der Waals surface area contributed by atoms with Gasteiger partial charge in [-0.25, -0.2) is 14.4 Å². The summed E-state index contributed by atoms with van der Waals surface area (Å²) in [5.74, 6) is 1.77. The van der Waals surface area contributed by atoms with E-state index < -0.39 is 0 Å². The Kier molecular flexibility index (Phi) is 7.25. The van der Waals surface area contributed by atoms with Gasteiger partial charge in [0.15, 0.2) is 0 Å². The number of benzene rings is 3. The average Bonchev–Trinajstić information content (AvgIpc) is 3.32. The third kappa shape index (κ3) is 5.56. The van der Waals surface area contributed by atoms with Crippen LogP contribution in [-0.2, 0) is 30.7 Å². The predicted molar refractivity (Wildman–Crippen MR) is 164 cm³/mol. The van der Waals surface area contributed by atoms with Crippen molar-refractivity contribution in [2.45, 2.75) is 51.8 Å². The first-order valence-corrected chi connectivity index (χ1v) is 14.8. The monoisotopic (exact) mass is 573 g/mol. The van der Waals surface area contributed by atoms with E-state index in [9.17, 15) is 5.26 Å². The number of imidazole rings is 1. The molecule has 4 bridgehead atoms. The van der Waals surface area contributed by atoms with E-state index in [1.54, 1.807) is 12.1 Å². The highest BCUT2D eigenvalue weighted by atomic mass is 19.1. The quantitative estimate of drug-likeness (QED) is 0.257. The molecular weight excluding hydrogens is 541 g/mol. The van der Waals surface area contributed by atoms with E-state index in [2.05, 4.69) is 35.0 Å². The zero-order chi connectivity index (χ0) is 29.3. The van der Waals surface area contributed by atoms with Crippen LogP contribution >= 0.6 is 0 Å². The van der Waals surface area contributed by atoms with Gasteiger partial charge in [0, 0.05) is 30.7 Å². The van der Waals surface area contributed by atoms with Gasteiger partial charge in [0.2, 0.25) is 0 Å². The van der Waals surface area contributed by atoms with Crippen molar-refractivity contribution in [1.29, 1.82) is 5.26 Å². The Morgan fingerprint density at radius 1 is 1.05 bits per heavy atom. The number of aryl methyl sites for hydroxylation is 2. The second kappa shape index (κ2) is 11.5. The molecule has 2 aromatic heterocycles. The number of hydrogen-bond acceptors (Lipinski definition) is 6. The fourth-order valence-corrected chi connectivity index (χ4v) is 5.90. The van der Waals surface area contributed by atoms with Crippen LogP contribution in [-0.4, -0.2) is 33.9 Å². The Hall–Kier alpha value is -4.74. The lowest BCUT2D eigenvalue weighted by Gasteiger charge is -2.27. The SMILES string of the molecule is Cc1ccc2nc(Cc3cc(F)c4cc3OCCCc3cc(C#N)ccc3CNc3cccc-4n3)n(CC3CCO3)c2c1. The molecule has 43 heavy (non-hydrogen) atoms. The molecule has 1 N–H and O–H groups in total. The molecule has 0 radical (unpaired) electrons. The zero-order valence-electron chi connectivity index (χ0n) is 24.1. The molecule has 3 aromatic carbocycles. The number of nitrogens with zero attached hydrogens (tertiary/aromatic N) is 4. The van der Waals surface area contributed by atoms with E-state index in [4.69, 9.17) is 19.4 Å². The first-order chi connectivity index (χ1) is 21.0. The van der Waals surface area contributed by atoms with Gasteiger partial charge in [0.1, 0.15) is 23.2 Å². The number of hydrogen-bond donors (Lipinski definition) is 1. The van der Waals surface area contributed by atoms with E-state index in [1.807, 2.05) is 42.5 Å². The van der Waals surface area contributed by atoms with Crippen LogP contribution in [0.3, 0.4) is 0 Å². The zero-order valence-corrected chi connectivity index (χ0v) is 24.1. The fourth-order valence-electron chi connectivity index (χ4n) is 5.90. The summed E-state index contributed by atoms with van der Waals surface area (Å²) in [5, 5.41) is 12.8. The summed E-state index contributed by atoms with van der Waals surface area (Å²) < 4.78 is 30.2. The van der Waals surface area contributed by atoms with Crippen LogP contribution in [0.4, 0.5) is 10.2 Å². The Morgan fingerprint density at radius 2 is 1.95 bits per heavy atom.